The number of aryl methyl sites for hydroxylation is 2. The van der Waals surface area contributed by atoms with Crippen LogP contribution in [0, 0.1) is 18.3 Å². The first kappa shape index (κ1) is 17.0. The number of aromatic amines is 1. The highest BCUT2D eigenvalue weighted by atomic mass is 16.1. The minimum atomic E-state index is 0.309. The van der Waals surface area contributed by atoms with Gasteiger partial charge < -0.3 is 4.98 Å². The van der Waals surface area contributed by atoms with E-state index in [4.69, 9.17) is 4.98 Å². The molecule has 2 heterocycles. The Balaban J connectivity index is 1.87. The molecule has 1 aromatic carbocycles. The Bertz CT molecular complexity index is 991. The van der Waals surface area contributed by atoms with Crippen molar-refractivity contribution >= 4 is 17.3 Å². The van der Waals surface area contributed by atoms with Gasteiger partial charge in [0.15, 0.2) is 6.29 Å². The molecule has 0 saturated heterocycles. The molecule has 0 bridgehead atoms. The molecule has 1 aliphatic rings. The van der Waals surface area contributed by atoms with Gasteiger partial charge in [-0.25, -0.2) is 0 Å². The molecule has 3 heteroatoms. The lowest BCUT2D eigenvalue weighted by Crippen LogP contribution is -2.27. The number of aromatic nitrogens is 2. The molecule has 1 N–H and O–H groups in total. The summed E-state index contributed by atoms with van der Waals surface area (Å²) in [5, 5.41) is 0. The predicted octanol–water partition coefficient (Wildman–Crippen LogP) is 5.50. The number of pyridine rings is 1. The van der Waals surface area contributed by atoms with Crippen LogP contribution in [0.4, 0.5) is 0 Å². The van der Waals surface area contributed by atoms with E-state index in [1.54, 1.807) is 0 Å². The summed E-state index contributed by atoms with van der Waals surface area (Å²) in [7, 11) is 0. The van der Waals surface area contributed by atoms with Crippen LogP contribution in [-0.4, -0.2) is 16.3 Å². The van der Waals surface area contributed by atoms with E-state index in [1.165, 1.54) is 23.2 Å². The summed E-state index contributed by atoms with van der Waals surface area (Å²) in [5.41, 5.74) is 8.51. The number of hydrogen-bond acceptors (Lipinski definition) is 2. The van der Waals surface area contributed by atoms with Crippen molar-refractivity contribution in [2.45, 2.75) is 47.0 Å². The Morgan fingerprint density at radius 3 is 2.73 bits per heavy atom. The second kappa shape index (κ2) is 6.08. The highest BCUT2D eigenvalue weighted by molar-refractivity contribution is 6.02. The first-order chi connectivity index (χ1) is 12.4. The number of nitrogens with zero attached hydrogens (tertiary/aromatic N) is 1. The summed E-state index contributed by atoms with van der Waals surface area (Å²) >= 11 is 0. The third-order valence-corrected chi connectivity index (χ3v) is 5.81. The fraction of sp³-hybridized carbons (Fsp3) is 0.391. The second-order valence-electron chi connectivity index (χ2n) is 8.70. The standard InChI is InChI=1S/C23H26N2O/c1-14-6-5-7-15(10-14)21-20(13-26)24-19-12-16-11-17(23(2,3)4)8-9-18(16)25-22(19)21/h5-7,10,12-13,17,24H,8-9,11H2,1-4H3. The van der Waals surface area contributed by atoms with E-state index in [-0.39, 0.29) is 0 Å². The number of benzene rings is 1. The number of carbonyl (C=O) groups is 1. The Kier molecular flexibility index (Phi) is 3.98. The smallest absolute Gasteiger partial charge is 0.166 e. The number of hydrogen-bond donors (Lipinski definition) is 1. The Morgan fingerprint density at radius 1 is 1.23 bits per heavy atom. The molecule has 0 spiro atoms. The normalized spacial score (nSPS) is 17.3. The summed E-state index contributed by atoms with van der Waals surface area (Å²) in [6.07, 6.45) is 4.18. The molecule has 0 aliphatic heterocycles. The number of aldehydes is 1. The summed E-state index contributed by atoms with van der Waals surface area (Å²) in [6, 6.07) is 10.5. The van der Waals surface area contributed by atoms with Crippen LogP contribution >= 0.6 is 0 Å². The van der Waals surface area contributed by atoms with Crippen molar-refractivity contribution in [1.29, 1.82) is 0 Å². The van der Waals surface area contributed by atoms with E-state index in [9.17, 15) is 4.79 Å². The highest BCUT2D eigenvalue weighted by Crippen LogP contribution is 2.39. The van der Waals surface area contributed by atoms with Crippen LogP contribution in [0.15, 0.2) is 30.3 Å². The maximum Gasteiger partial charge on any atom is 0.166 e. The fourth-order valence-electron chi connectivity index (χ4n) is 4.21. The van der Waals surface area contributed by atoms with E-state index in [0.29, 0.717) is 17.0 Å². The summed E-state index contributed by atoms with van der Waals surface area (Å²) in [4.78, 5) is 20.0. The van der Waals surface area contributed by atoms with Crippen molar-refractivity contribution in [3.63, 3.8) is 0 Å². The van der Waals surface area contributed by atoms with Crippen LogP contribution in [0.3, 0.4) is 0 Å². The van der Waals surface area contributed by atoms with Crippen molar-refractivity contribution in [2.24, 2.45) is 11.3 Å². The number of fused-ring (bicyclic) bond motifs is 2. The number of nitrogens with one attached hydrogen (secondary N) is 1. The monoisotopic (exact) mass is 346 g/mol. The van der Waals surface area contributed by atoms with Gasteiger partial charge in [0.25, 0.3) is 0 Å². The molecule has 26 heavy (non-hydrogen) atoms. The molecule has 0 radical (unpaired) electrons. The molecular weight excluding hydrogens is 320 g/mol. The fourth-order valence-corrected chi connectivity index (χ4v) is 4.21. The van der Waals surface area contributed by atoms with Crippen molar-refractivity contribution in [3.05, 3.63) is 52.8 Å². The van der Waals surface area contributed by atoms with Gasteiger partial charge in [-0.15, -0.1) is 0 Å². The predicted molar refractivity (Wildman–Crippen MR) is 107 cm³/mol. The van der Waals surface area contributed by atoms with Gasteiger partial charge in [0, 0.05) is 11.3 Å². The molecule has 3 nitrogen and oxygen atoms in total. The van der Waals surface area contributed by atoms with Crippen LogP contribution in [0.5, 0.6) is 0 Å². The number of rotatable bonds is 2. The molecule has 1 unspecified atom stereocenters. The topological polar surface area (TPSA) is 45.8 Å². The zero-order valence-electron chi connectivity index (χ0n) is 16.0. The zero-order valence-corrected chi connectivity index (χ0v) is 16.0. The van der Waals surface area contributed by atoms with Crippen LogP contribution in [0.2, 0.25) is 0 Å². The zero-order chi connectivity index (χ0) is 18.5. The third-order valence-electron chi connectivity index (χ3n) is 5.81. The molecule has 0 saturated carbocycles. The van der Waals surface area contributed by atoms with Gasteiger partial charge in [-0.2, -0.15) is 0 Å². The molecule has 1 aliphatic carbocycles. The van der Waals surface area contributed by atoms with Crippen molar-refractivity contribution < 1.29 is 4.79 Å². The van der Waals surface area contributed by atoms with Crippen molar-refractivity contribution in [1.82, 2.24) is 9.97 Å². The van der Waals surface area contributed by atoms with Crippen LogP contribution in [0.1, 0.15) is 54.5 Å². The van der Waals surface area contributed by atoms with Gasteiger partial charge in [0.05, 0.1) is 16.7 Å². The van der Waals surface area contributed by atoms with E-state index in [2.05, 4.69) is 56.9 Å². The number of carbonyl (C=O) groups excluding carboxylic acids is 1. The van der Waals surface area contributed by atoms with Crippen LogP contribution in [-0.2, 0) is 12.8 Å². The summed E-state index contributed by atoms with van der Waals surface area (Å²) in [5.74, 6) is 0.672. The van der Waals surface area contributed by atoms with E-state index >= 15 is 0 Å². The lowest BCUT2D eigenvalue weighted by atomic mass is 9.71. The first-order valence-electron chi connectivity index (χ1n) is 9.43. The minimum Gasteiger partial charge on any atom is -0.350 e. The molecule has 1 atom stereocenters. The van der Waals surface area contributed by atoms with E-state index in [0.717, 1.165) is 41.3 Å². The van der Waals surface area contributed by atoms with Gasteiger partial charge in [-0.05, 0) is 54.7 Å². The maximum atomic E-state index is 11.7. The molecular formula is C23H26N2O. The SMILES string of the molecule is Cc1cccc(-c2c(C=O)[nH]c3cc4c(nc23)CCC(C(C)(C)C)C4)c1. The largest absolute Gasteiger partial charge is 0.350 e. The number of H-pyrrole nitrogens is 1. The van der Waals surface area contributed by atoms with Gasteiger partial charge in [0.2, 0.25) is 0 Å². The minimum absolute atomic E-state index is 0.309. The molecule has 2 aromatic heterocycles. The lowest BCUT2D eigenvalue weighted by Gasteiger charge is -2.34. The first-order valence-corrected chi connectivity index (χ1v) is 9.43. The Labute approximate surface area is 154 Å². The Morgan fingerprint density at radius 2 is 2.04 bits per heavy atom. The molecule has 134 valence electrons. The lowest BCUT2D eigenvalue weighted by molar-refractivity contribution is 0.112. The molecule has 4 rings (SSSR count). The molecule has 0 fully saturated rings. The maximum absolute atomic E-state index is 11.7. The van der Waals surface area contributed by atoms with Gasteiger partial charge in [0.1, 0.15) is 0 Å². The van der Waals surface area contributed by atoms with Crippen molar-refractivity contribution in [2.75, 3.05) is 0 Å². The van der Waals surface area contributed by atoms with E-state index in [1.807, 2.05) is 6.07 Å². The Hall–Kier alpha value is -2.42. The summed E-state index contributed by atoms with van der Waals surface area (Å²) in [6.45, 7) is 9.04. The molecule has 3 aromatic rings. The van der Waals surface area contributed by atoms with Gasteiger partial charge in [-0.1, -0.05) is 50.6 Å². The van der Waals surface area contributed by atoms with E-state index < -0.39 is 0 Å². The quantitative estimate of drug-likeness (QED) is 0.623. The molecule has 0 amide bonds. The van der Waals surface area contributed by atoms with Crippen LogP contribution < -0.4 is 0 Å². The van der Waals surface area contributed by atoms with Gasteiger partial charge >= 0.3 is 0 Å². The third kappa shape index (κ3) is 2.86. The van der Waals surface area contributed by atoms with Crippen molar-refractivity contribution in [3.8, 4) is 11.1 Å². The highest BCUT2D eigenvalue weighted by Gasteiger charge is 2.30. The summed E-state index contributed by atoms with van der Waals surface area (Å²) < 4.78 is 0. The van der Waals surface area contributed by atoms with Crippen LogP contribution in [0.25, 0.3) is 22.2 Å². The van der Waals surface area contributed by atoms with Gasteiger partial charge in [-0.3, -0.25) is 9.78 Å². The second-order valence-corrected chi connectivity index (χ2v) is 8.70. The average Bonchev–Trinajstić information content (AvgIpc) is 2.95. The average molecular weight is 346 g/mol.